The van der Waals surface area contributed by atoms with Crippen LogP contribution in [0, 0.1) is 0 Å². The molecule has 0 radical (unpaired) electrons. The second-order valence-electron chi connectivity index (χ2n) is 5.00. The van der Waals surface area contributed by atoms with Gasteiger partial charge in [-0.15, -0.1) is 0 Å². The van der Waals surface area contributed by atoms with Crippen LogP contribution in [0.25, 0.3) is 0 Å². The molecule has 106 valence electrons. The molecule has 1 heterocycles. The molecule has 1 fully saturated rings. The SMILES string of the molecule is COc1cccc(N(C)c2nc(C3CC3)c(CO)s2)c1. The third kappa shape index (κ3) is 2.51. The molecule has 3 rings (SSSR count). The number of methoxy groups -OCH3 is 1. The molecule has 4 nitrogen and oxygen atoms in total. The van der Waals surface area contributed by atoms with Crippen LogP contribution in [0.4, 0.5) is 10.8 Å². The summed E-state index contributed by atoms with van der Waals surface area (Å²) in [4.78, 5) is 7.76. The molecule has 1 aromatic heterocycles. The Bertz CT molecular complexity index is 608. The number of ether oxygens (including phenoxy) is 1. The lowest BCUT2D eigenvalue weighted by molar-refractivity contribution is 0.284. The summed E-state index contributed by atoms with van der Waals surface area (Å²) in [7, 11) is 3.66. The second-order valence-corrected chi connectivity index (χ2v) is 6.06. The van der Waals surface area contributed by atoms with E-state index in [1.165, 1.54) is 12.8 Å². The zero-order chi connectivity index (χ0) is 14.1. The van der Waals surface area contributed by atoms with Crippen molar-refractivity contribution in [1.29, 1.82) is 0 Å². The van der Waals surface area contributed by atoms with Gasteiger partial charge in [-0.25, -0.2) is 4.98 Å². The van der Waals surface area contributed by atoms with Gasteiger partial charge in [0.05, 0.1) is 24.3 Å². The number of nitrogens with zero attached hydrogens (tertiary/aromatic N) is 2. The number of anilines is 2. The normalized spacial score (nSPS) is 14.3. The van der Waals surface area contributed by atoms with Crippen molar-refractivity contribution in [3.05, 3.63) is 34.8 Å². The first kappa shape index (κ1) is 13.4. The van der Waals surface area contributed by atoms with Crippen molar-refractivity contribution >= 4 is 22.2 Å². The molecular formula is C15H18N2O2S. The van der Waals surface area contributed by atoms with Crippen LogP contribution in [0.15, 0.2) is 24.3 Å². The Balaban J connectivity index is 1.91. The molecule has 0 saturated heterocycles. The fraction of sp³-hybridized carbons (Fsp3) is 0.400. The minimum Gasteiger partial charge on any atom is -0.497 e. The van der Waals surface area contributed by atoms with Crippen LogP contribution in [0.3, 0.4) is 0 Å². The van der Waals surface area contributed by atoms with Crippen molar-refractivity contribution in [3.63, 3.8) is 0 Å². The Kier molecular flexibility index (Phi) is 3.63. The van der Waals surface area contributed by atoms with Crippen LogP contribution in [-0.2, 0) is 6.61 Å². The number of aliphatic hydroxyl groups excluding tert-OH is 1. The molecule has 1 aromatic carbocycles. The quantitative estimate of drug-likeness (QED) is 0.918. The average molecular weight is 290 g/mol. The van der Waals surface area contributed by atoms with Crippen molar-refractivity contribution in [2.24, 2.45) is 0 Å². The van der Waals surface area contributed by atoms with Gasteiger partial charge in [0.2, 0.25) is 0 Å². The monoisotopic (exact) mass is 290 g/mol. The first-order chi connectivity index (χ1) is 9.72. The van der Waals surface area contributed by atoms with E-state index < -0.39 is 0 Å². The zero-order valence-electron chi connectivity index (χ0n) is 11.7. The van der Waals surface area contributed by atoms with Crippen LogP contribution in [0.5, 0.6) is 5.75 Å². The minimum absolute atomic E-state index is 0.0788. The van der Waals surface area contributed by atoms with Crippen LogP contribution in [0.2, 0.25) is 0 Å². The lowest BCUT2D eigenvalue weighted by atomic mass is 10.2. The molecule has 2 aromatic rings. The lowest BCUT2D eigenvalue weighted by Crippen LogP contribution is -2.09. The van der Waals surface area contributed by atoms with Crippen LogP contribution >= 0.6 is 11.3 Å². The third-order valence-electron chi connectivity index (χ3n) is 3.55. The van der Waals surface area contributed by atoms with Crippen LogP contribution in [0.1, 0.15) is 29.3 Å². The average Bonchev–Trinajstić information content (AvgIpc) is 3.25. The summed E-state index contributed by atoms with van der Waals surface area (Å²) in [6.07, 6.45) is 2.39. The smallest absolute Gasteiger partial charge is 0.190 e. The van der Waals surface area contributed by atoms with Gasteiger partial charge in [0.15, 0.2) is 5.13 Å². The maximum atomic E-state index is 9.47. The molecule has 0 unspecified atom stereocenters. The number of hydrogen-bond donors (Lipinski definition) is 1. The first-order valence-corrected chi connectivity index (χ1v) is 7.53. The number of thiazole rings is 1. The molecule has 0 aliphatic heterocycles. The van der Waals surface area contributed by atoms with Crippen molar-refractivity contribution < 1.29 is 9.84 Å². The van der Waals surface area contributed by atoms with Crippen molar-refractivity contribution in [1.82, 2.24) is 4.98 Å². The number of hydrogen-bond acceptors (Lipinski definition) is 5. The van der Waals surface area contributed by atoms with Gasteiger partial charge in [0.25, 0.3) is 0 Å². The minimum atomic E-state index is 0.0788. The Hall–Kier alpha value is -1.59. The summed E-state index contributed by atoms with van der Waals surface area (Å²) >= 11 is 1.57. The summed E-state index contributed by atoms with van der Waals surface area (Å²) in [5.41, 5.74) is 2.12. The highest BCUT2D eigenvalue weighted by Crippen LogP contribution is 2.44. The fourth-order valence-corrected chi connectivity index (χ4v) is 3.20. The molecule has 5 heteroatoms. The summed E-state index contributed by atoms with van der Waals surface area (Å²) in [6, 6.07) is 7.90. The standard InChI is InChI=1S/C15H18N2O2S/c1-17(11-4-3-5-12(8-11)19-2)15-16-14(10-6-7-10)13(9-18)20-15/h3-5,8,10,18H,6-7,9H2,1-2H3. The van der Waals surface area contributed by atoms with Gasteiger partial charge < -0.3 is 14.7 Å². The predicted molar refractivity (Wildman–Crippen MR) is 81.1 cm³/mol. The topological polar surface area (TPSA) is 45.6 Å². The van der Waals surface area contributed by atoms with E-state index in [4.69, 9.17) is 9.72 Å². The Morgan fingerprint density at radius 2 is 2.25 bits per heavy atom. The Morgan fingerprint density at radius 1 is 1.45 bits per heavy atom. The van der Waals surface area contributed by atoms with Crippen LogP contribution < -0.4 is 9.64 Å². The molecule has 0 bridgehead atoms. The Labute approximate surface area is 122 Å². The zero-order valence-corrected chi connectivity index (χ0v) is 12.5. The predicted octanol–water partition coefficient (Wildman–Crippen LogP) is 3.29. The Morgan fingerprint density at radius 3 is 2.90 bits per heavy atom. The van der Waals surface area contributed by atoms with Gasteiger partial charge in [-0.3, -0.25) is 0 Å². The fourth-order valence-electron chi connectivity index (χ4n) is 2.21. The number of benzene rings is 1. The molecular weight excluding hydrogens is 272 g/mol. The van der Waals surface area contributed by atoms with E-state index in [1.54, 1.807) is 18.4 Å². The van der Waals surface area contributed by atoms with E-state index in [0.29, 0.717) is 5.92 Å². The lowest BCUT2D eigenvalue weighted by Gasteiger charge is -2.16. The largest absolute Gasteiger partial charge is 0.497 e. The molecule has 0 amide bonds. The van der Waals surface area contributed by atoms with E-state index in [9.17, 15) is 5.11 Å². The molecule has 1 aliphatic rings. The van der Waals surface area contributed by atoms with Gasteiger partial charge in [-0.1, -0.05) is 17.4 Å². The molecule has 1 saturated carbocycles. The molecule has 20 heavy (non-hydrogen) atoms. The number of rotatable bonds is 5. The van der Waals surface area contributed by atoms with E-state index in [0.717, 1.165) is 27.1 Å². The van der Waals surface area contributed by atoms with E-state index in [1.807, 2.05) is 36.2 Å². The van der Waals surface area contributed by atoms with Gasteiger partial charge in [0, 0.05) is 24.7 Å². The highest BCUT2D eigenvalue weighted by atomic mass is 32.1. The van der Waals surface area contributed by atoms with Crippen LogP contribution in [-0.4, -0.2) is 24.2 Å². The van der Waals surface area contributed by atoms with E-state index in [2.05, 4.69) is 0 Å². The first-order valence-electron chi connectivity index (χ1n) is 6.71. The molecule has 0 spiro atoms. The number of aromatic nitrogens is 1. The second kappa shape index (κ2) is 5.42. The van der Waals surface area contributed by atoms with Crippen molar-refractivity contribution in [2.45, 2.75) is 25.4 Å². The summed E-state index contributed by atoms with van der Waals surface area (Å²) in [6.45, 7) is 0.0788. The maximum absolute atomic E-state index is 9.47. The molecule has 0 atom stereocenters. The van der Waals surface area contributed by atoms with Gasteiger partial charge in [-0.2, -0.15) is 0 Å². The van der Waals surface area contributed by atoms with Gasteiger partial charge >= 0.3 is 0 Å². The van der Waals surface area contributed by atoms with Crippen molar-refractivity contribution in [3.8, 4) is 5.75 Å². The van der Waals surface area contributed by atoms with E-state index >= 15 is 0 Å². The summed E-state index contributed by atoms with van der Waals surface area (Å²) in [5, 5.41) is 10.4. The summed E-state index contributed by atoms with van der Waals surface area (Å²) in [5.74, 6) is 1.39. The van der Waals surface area contributed by atoms with E-state index in [-0.39, 0.29) is 6.61 Å². The highest BCUT2D eigenvalue weighted by molar-refractivity contribution is 7.15. The molecule has 1 aliphatic carbocycles. The highest BCUT2D eigenvalue weighted by Gasteiger charge is 2.30. The van der Waals surface area contributed by atoms with Gasteiger partial charge in [-0.05, 0) is 25.0 Å². The van der Waals surface area contributed by atoms with Crippen molar-refractivity contribution in [2.75, 3.05) is 19.1 Å². The number of aliphatic hydroxyl groups is 1. The third-order valence-corrected chi connectivity index (χ3v) is 4.68. The maximum Gasteiger partial charge on any atom is 0.190 e. The van der Waals surface area contributed by atoms with Gasteiger partial charge in [0.1, 0.15) is 5.75 Å². The summed E-state index contributed by atoms with van der Waals surface area (Å²) < 4.78 is 5.26. The molecule has 1 N–H and O–H groups in total.